The van der Waals surface area contributed by atoms with E-state index in [4.69, 9.17) is 16.3 Å². The Hall–Kier alpha value is -3.34. The van der Waals surface area contributed by atoms with Crippen LogP contribution in [0.1, 0.15) is 5.56 Å². The molecule has 0 saturated heterocycles. The summed E-state index contributed by atoms with van der Waals surface area (Å²) in [7, 11) is 1.45. The molecule has 1 heterocycles. The Morgan fingerprint density at radius 2 is 2.00 bits per heavy atom. The number of aromatic hydroxyl groups is 1. The number of amides is 1. The van der Waals surface area contributed by atoms with E-state index in [-0.39, 0.29) is 17.4 Å². The van der Waals surface area contributed by atoms with Crippen LogP contribution in [0.15, 0.2) is 81.5 Å². The highest BCUT2D eigenvalue weighted by atomic mass is 79.9. The van der Waals surface area contributed by atoms with E-state index in [1.807, 2.05) is 47.0 Å². The van der Waals surface area contributed by atoms with Crippen molar-refractivity contribution in [2.24, 2.45) is 5.10 Å². The first-order valence-corrected chi connectivity index (χ1v) is 12.4. The fourth-order valence-electron chi connectivity index (χ4n) is 3.18. The number of hydrogen-bond donors (Lipinski definition) is 3. The zero-order valence-corrected chi connectivity index (χ0v) is 21.6. The van der Waals surface area contributed by atoms with Gasteiger partial charge in [0, 0.05) is 5.02 Å². The number of hydrogen-bond acceptors (Lipinski definition) is 6. The highest BCUT2D eigenvalue weighted by molar-refractivity contribution is 9.10. The van der Waals surface area contributed by atoms with Gasteiger partial charge in [0.25, 0.3) is 11.7 Å². The molecule has 1 amide bonds. The Balaban J connectivity index is 1.48. The molecule has 35 heavy (non-hydrogen) atoms. The minimum atomic E-state index is -0.303. The number of rotatable bonds is 8. The molecule has 0 radical (unpaired) electrons. The van der Waals surface area contributed by atoms with Crippen LogP contribution in [-0.4, -0.2) is 40.3 Å². The molecule has 8 nitrogen and oxygen atoms in total. The monoisotopic (exact) mass is 572 g/mol. The SMILES string of the molecule is COc1cc(/C=N/NC(=O)CSc2n[nH]c(-c3ccccc3)[n+]2-c2ccc(Cl)cc2)cc(Br)c1O. The van der Waals surface area contributed by atoms with Crippen molar-refractivity contribution in [2.75, 3.05) is 12.9 Å². The molecule has 0 atom stereocenters. The number of benzene rings is 3. The van der Waals surface area contributed by atoms with E-state index in [0.29, 0.717) is 26.0 Å². The van der Waals surface area contributed by atoms with Crippen molar-refractivity contribution in [3.05, 3.63) is 81.8 Å². The van der Waals surface area contributed by atoms with Gasteiger partial charge in [-0.25, -0.2) is 5.43 Å². The van der Waals surface area contributed by atoms with Crippen LogP contribution in [0.2, 0.25) is 5.02 Å². The summed E-state index contributed by atoms with van der Waals surface area (Å²) in [5.41, 5.74) is 4.95. The molecular weight excluding hydrogens is 554 g/mol. The van der Waals surface area contributed by atoms with Gasteiger partial charge in [0.05, 0.1) is 34.2 Å². The van der Waals surface area contributed by atoms with Gasteiger partial charge in [-0.2, -0.15) is 9.67 Å². The van der Waals surface area contributed by atoms with Gasteiger partial charge in [0.1, 0.15) is 5.69 Å². The van der Waals surface area contributed by atoms with Crippen LogP contribution in [-0.2, 0) is 4.79 Å². The van der Waals surface area contributed by atoms with E-state index in [9.17, 15) is 9.90 Å². The standard InChI is InChI=1S/C24H19BrClN5O3S/c1-34-20-12-15(11-19(25)22(20)33)13-27-28-21(32)14-35-24-30-29-23(16-5-3-2-4-6-16)31(24)18-9-7-17(26)8-10-18/h2-13H,14H2,1H3,(H2,27,28,32,33)/p+1. The Morgan fingerprint density at radius 3 is 2.71 bits per heavy atom. The summed E-state index contributed by atoms with van der Waals surface area (Å²) in [6, 6.07) is 20.5. The Morgan fingerprint density at radius 1 is 1.26 bits per heavy atom. The lowest BCUT2D eigenvalue weighted by Gasteiger charge is -2.06. The fraction of sp³-hybridized carbons (Fsp3) is 0.0833. The number of carbonyl (C=O) groups excluding carboxylic acids is 1. The second kappa shape index (κ2) is 11.4. The third kappa shape index (κ3) is 6.02. The second-order valence-electron chi connectivity index (χ2n) is 7.17. The maximum absolute atomic E-state index is 12.4. The lowest BCUT2D eigenvalue weighted by molar-refractivity contribution is -0.625. The number of ether oxygens (including phenoxy) is 1. The van der Waals surface area contributed by atoms with E-state index in [1.165, 1.54) is 25.1 Å². The molecule has 0 aliphatic rings. The molecule has 4 rings (SSSR count). The number of aromatic nitrogens is 3. The molecule has 11 heteroatoms. The van der Waals surface area contributed by atoms with Gasteiger partial charge in [-0.1, -0.05) is 29.8 Å². The quantitative estimate of drug-likeness (QED) is 0.122. The third-order valence-electron chi connectivity index (χ3n) is 4.81. The lowest BCUT2D eigenvalue weighted by atomic mass is 10.2. The van der Waals surface area contributed by atoms with Crippen LogP contribution in [0.3, 0.4) is 0 Å². The summed E-state index contributed by atoms with van der Waals surface area (Å²) in [4.78, 5) is 12.4. The normalized spacial score (nSPS) is 11.1. The molecule has 1 aromatic heterocycles. The molecular formula is C24H20BrClN5O3S+. The molecule has 3 aromatic carbocycles. The fourth-order valence-corrected chi connectivity index (χ4v) is 4.52. The van der Waals surface area contributed by atoms with E-state index in [1.54, 1.807) is 24.3 Å². The van der Waals surface area contributed by atoms with Crippen molar-refractivity contribution in [2.45, 2.75) is 5.16 Å². The van der Waals surface area contributed by atoms with Crippen molar-refractivity contribution >= 4 is 51.4 Å². The lowest BCUT2D eigenvalue weighted by Crippen LogP contribution is -2.34. The number of hydrazone groups is 1. The second-order valence-corrected chi connectivity index (χ2v) is 9.40. The van der Waals surface area contributed by atoms with E-state index >= 15 is 0 Å². The van der Waals surface area contributed by atoms with Gasteiger partial charge >= 0.3 is 5.16 Å². The smallest absolute Gasteiger partial charge is 0.342 e. The van der Waals surface area contributed by atoms with Gasteiger partial charge in [-0.05, 0) is 81.8 Å². The van der Waals surface area contributed by atoms with Crippen LogP contribution in [0, 0.1) is 0 Å². The van der Waals surface area contributed by atoms with Crippen molar-refractivity contribution in [3.63, 3.8) is 0 Å². The number of nitrogens with one attached hydrogen (secondary N) is 2. The van der Waals surface area contributed by atoms with Crippen LogP contribution in [0.25, 0.3) is 17.1 Å². The Bertz CT molecular complexity index is 1360. The number of thioether (sulfide) groups is 1. The molecule has 0 spiro atoms. The summed E-state index contributed by atoms with van der Waals surface area (Å²) in [6.45, 7) is 0. The molecule has 3 N–H and O–H groups in total. The molecule has 0 unspecified atom stereocenters. The first-order chi connectivity index (χ1) is 17.0. The van der Waals surface area contributed by atoms with Crippen LogP contribution in [0.4, 0.5) is 0 Å². The largest absolute Gasteiger partial charge is 0.503 e. The summed E-state index contributed by atoms with van der Waals surface area (Å²) in [6.07, 6.45) is 1.46. The number of aromatic amines is 1. The number of phenolic OH excluding ortho intramolecular Hbond substituents is 1. The zero-order valence-electron chi connectivity index (χ0n) is 18.4. The molecule has 0 saturated carbocycles. The predicted molar refractivity (Wildman–Crippen MR) is 139 cm³/mol. The van der Waals surface area contributed by atoms with Crippen molar-refractivity contribution in [1.29, 1.82) is 0 Å². The number of nitrogens with zero attached hydrogens (tertiary/aromatic N) is 3. The number of phenols is 1. The number of methoxy groups -OCH3 is 1. The van der Waals surface area contributed by atoms with Crippen LogP contribution < -0.4 is 14.7 Å². The highest BCUT2D eigenvalue weighted by Gasteiger charge is 2.24. The Kier molecular flexibility index (Phi) is 8.06. The van der Waals surface area contributed by atoms with Crippen molar-refractivity contribution < 1.29 is 19.2 Å². The maximum atomic E-state index is 12.4. The van der Waals surface area contributed by atoms with Crippen molar-refractivity contribution in [1.82, 2.24) is 15.6 Å². The number of halogens is 2. The van der Waals surface area contributed by atoms with E-state index < -0.39 is 0 Å². The first-order valence-electron chi connectivity index (χ1n) is 10.3. The summed E-state index contributed by atoms with van der Waals surface area (Å²) in [5.74, 6) is 0.853. The van der Waals surface area contributed by atoms with E-state index in [2.05, 4.69) is 36.7 Å². The van der Waals surface area contributed by atoms with Crippen molar-refractivity contribution in [3.8, 4) is 28.6 Å². The average molecular weight is 574 g/mol. The zero-order chi connectivity index (χ0) is 24.8. The molecule has 0 bridgehead atoms. The third-order valence-corrected chi connectivity index (χ3v) is 6.61. The summed E-state index contributed by atoms with van der Waals surface area (Å²) >= 11 is 10.6. The van der Waals surface area contributed by atoms with Gasteiger partial charge in [0.2, 0.25) is 0 Å². The molecule has 178 valence electrons. The number of H-pyrrole nitrogens is 1. The van der Waals surface area contributed by atoms with E-state index in [0.717, 1.165) is 17.1 Å². The maximum Gasteiger partial charge on any atom is 0.342 e. The molecule has 0 aliphatic carbocycles. The topological polar surface area (TPSA) is 103 Å². The minimum Gasteiger partial charge on any atom is -0.503 e. The highest BCUT2D eigenvalue weighted by Crippen LogP contribution is 2.34. The van der Waals surface area contributed by atoms with Gasteiger partial charge in [-0.3, -0.25) is 4.79 Å². The van der Waals surface area contributed by atoms with Gasteiger partial charge in [0.15, 0.2) is 11.5 Å². The van der Waals surface area contributed by atoms with Gasteiger partial charge < -0.3 is 9.84 Å². The van der Waals surface area contributed by atoms with Crippen LogP contribution in [0.5, 0.6) is 11.5 Å². The predicted octanol–water partition coefficient (Wildman–Crippen LogP) is 4.73. The van der Waals surface area contributed by atoms with Crippen LogP contribution >= 0.6 is 39.3 Å². The number of carbonyl (C=O) groups is 1. The summed E-state index contributed by atoms with van der Waals surface area (Å²) < 4.78 is 7.51. The molecule has 0 aliphatic heterocycles. The molecule has 4 aromatic rings. The first kappa shape index (κ1) is 24.8. The molecule has 0 fully saturated rings. The summed E-state index contributed by atoms with van der Waals surface area (Å²) in [5, 5.41) is 22.6. The van der Waals surface area contributed by atoms with Gasteiger partial charge in [-0.15, -0.1) is 5.10 Å². The average Bonchev–Trinajstić information content (AvgIpc) is 3.29. The minimum absolute atomic E-state index is 0.00653. The Labute approximate surface area is 219 Å².